The molecule has 0 atom stereocenters. The van der Waals surface area contributed by atoms with Gasteiger partial charge in [0.25, 0.3) is 0 Å². The van der Waals surface area contributed by atoms with E-state index in [9.17, 15) is 13.2 Å². The van der Waals surface area contributed by atoms with Crippen molar-refractivity contribution in [2.45, 2.75) is 5.51 Å². The molecule has 0 rings (SSSR count). The van der Waals surface area contributed by atoms with E-state index in [1.54, 1.807) is 0 Å². The van der Waals surface area contributed by atoms with E-state index >= 15 is 0 Å². The van der Waals surface area contributed by atoms with Gasteiger partial charge in [-0.2, -0.15) is 32.6 Å². The molecule has 1 N–H and O–H groups in total. The van der Waals surface area contributed by atoms with Gasteiger partial charge in [0.1, 0.15) is 0 Å². The minimum atomic E-state index is -5.84. The van der Waals surface area contributed by atoms with Crippen LogP contribution in [-0.2, 0) is 46.6 Å². The third-order valence-corrected chi connectivity index (χ3v) is 0.877. The molecule has 0 radical (unpaired) electrons. The van der Waals surface area contributed by atoms with E-state index in [-0.39, 0.29) is 46.6 Å². The van der Waals surface area contributed by atoms with Gasteiger partial charge >= 0.3 is 45.2 Å². The van der Waals surface area contributed by atoms with Crippen molar-refractivity contribution < 1.29 is 85.7 Å². The first-order chi connectivity index (χ1) is 4.98. The van der Waals surface area contributed by atoms with Crippen LogP contribution in [0.3, 0.4) is 0 Å². The second-order valence-electron chi connectivity index (χ2n) is 1.12. The summed E-state index contributed by atoms with van der Waals surface area (Å²) in [6.45, 7) is 0. The summed E-state index contributed by atoms with van der Waals surface area (Å²) in [5.74, 6) is 0. The topological polar surface area (TPSA) is 112 Å². The first kappa shape index (κ1) is 24.4. The van der Waals surface area contributed by atoms with Crippen LogP contribution in [0.5, 0.6) is 0 Å². The third-order valence-electron chi connectivity index (χ3n) is 0.292. The molecular weight excluding hydrogens is 308 g/mol. The van der Waals surface area contributed by atoms with Crippen molar-refractivity contribution in [3.8, 4) is 0 Å². The van der Waals surface area contributed by atoms with E-state index in [1.165, 1.54) is 0 Å². The molecule has 0 spiro atoms. The summed E-state index contributed by atoms with van der Waals surface area (Å²) in [6, 6.07) is 0. The molecule has 0 aromatic carbocycles. The van der Waals surface area contributed by atoms with Crippen LogP contribution < -0.4 is 29.6 Å². The van der Waals surface area contributed by atoms with Crippen LogP contribution in [0.4, 0.5) is 13.2 Å². The summed E-state index contributed by atoms with van der Waals surface area (Å²) in [6.07, 6.45) is 0. The maximum atomic E-state index is 10.7. The van der Waals surface area contributed by atoms with E-state index < -0.39 is 26.6 Å². The second-order valence-corrected chi connectivity index (χ2v) is 2.95. The second kappa shape index (κ2) is 9.36. The van der Waals surface area contributed by atoms with Crippen molar-refractivity contribution in [1.82, 2.24) is 0 Å². The van der Waals surface area contributed by atoms with Crippen molar-refractivity contribution in [3.05, 3.63) is 0 Å². The third kappa shape index (κ3) is 18.8. The van der Waals surface area contributed by atoms with E-state index in [0.717, 1.165) is 0 Å². The average Bonchev–Trinajstić information content (AvgIpc) is 1.55. The first-order valence-electron chi connectivity index (χ1n) is 1.79. The summed E-state index contributed by atoms with van der Waals surface area (Å²) in [7, 11) is -8.95. The predicted molar refractivity (Wildman–Crippen MR) is 27.1 cm³/mol. The van der Waals surface area contributed by atoms with Gasteiger partial charge in [-0.1, -0.05) is 0 Å². The number of hydrogen-bond acceptors (Lipinski definition) is 6. The summed E-state index contributed by atoms with van der Waals surface area (Å²) in [5.41, 5.74) is -5.53. The van der Waals surface area contributed by atoms with Crippen molar-refractivity contribution in [3.63, 3.8) is 0 Å². The van der Waals surface area contributed by atoms with Gasteiger partial charge in [0, 0.05) is 17.1 Å². The molecule has 13 heteroatoms. The minimum Gasteiger partial charge on any atom is -0.917 e. The monoisotopic (exact) mass is 309 g/mol. The van der Waals surface area contributed by atoms with Crippen LogP contribution in [-0.4, -0.2) is 23.0 Å². The first-order valence-corrected chi connectivity index (χ1v) is 4.23. The number of hydrogen-bond donors (Lipinski definition) is 1. The van der Waals surface area contributed by atoms with Crippen molar-refractivity contribution in [2.75, 3.05) is 0 Å². The molecule has 0 aliphatic carbocycles. The summed E-state index contributed by atoms with van der Waals surface area (Å²) in [4.78, 5) is 0. The Hall–Kier alpha value is 1.13. The summed E-state index contributed by atoms with van der Waals surface area (Å²) >= 11 is 0. The molecule has 0 aliphatic heterocycles. The van der Waals surface area contributed by atoms with Gasteiger partial charge in [-0.05, 0) is 0 Å². The molecule has 0 unspecified atom stereocenters. The van der Waals surface area contributed by atoms with Crippen molar-refractivity contribution in [1.29, 1.82) is 0 Å². The fourth-order valence-electron chi connectivity index (χ4n) is 0. The van der Waals surface area contributed by atoms with Gasteiger partial charge in [0.2, 0.25) is 0 Å². The molecule has 0 amide bonds. The largest absolute Gasteiger partial charge is 1.00 e. The fourth-order valence-corrected chi connectivity index (χ4v) is 0. The van der Waals surface area contributed by atoms with Crippen LogP contribution in [0.25, 0.3) is 0 Å². The zero-order chi connectivity index (χ0) is 10.6. The van der Waals surface area contributed by atoms with E-state index in [4.69, 9.17) is 25.9 Å². The van der Waals surface area contributed by atoms with Gasteiger partial charge in [0.15, 0.2) is 0 Å². The number of alkyl halides is 3. The fraction of sp³-hybridized carbons (Fsp3) is 1.00. The molecule has 0 heterocycles. The Labute approximate surface area is 112 Å². The van der Waals surface area contributed by atoms with Crippen molar-refractivity contribution in [2.24, 2.45) is 0 Å². The average molecular weight is 309 g/mol. The standard InChI is InChI=1S/CHF3O3S.Fe.Na.O3S/c2-1(3,4)8(5,6)7;;;1-4(2)3/h(H,5,6,7);;;/q;;+1;-2. The Morgan fingerprint density at radius 2 is 1.29 bits per heavy atom. The summed E-state index contributed by atoms with van der Waals surface area (Å²) in [5, 5.41) is 0. The Morgan fingerprint density at radius 1 is 1.21 bits per heavy atom. The normalized spacial score (nSPS) is 10.4. The van der Waals surface area contributed by atoms with Crippen LogP contribution >= 0.6 is 0 Å². The Balaban J connectivity index is -0.0000000733. The van der Waals surface area contributed by atoms with Gasteiger partial charge in [-0.15, -0.1) is 0 Å². The zero-order valence-electron chi connectivity index (χ0n) is 6.29. The Kier molecular flexibility index (Phi) is 16.3. The number of rotatable bonds is 0. The van der Waals surface area contributed by atoms with E-state index in [2.05, 4.69) is 0 Å². The molecule has 84 valence electrons. The quantitative estimate of drug-likeness (QED) is 0.166. The molecule has 0 saturated heterocycles. The Bertz CT molecular complexity index is 285. The molecule has 0 aliphatic rings. The van der Waals surface area contributed by atoms with Crippen LogP contribution in [0.15, 0.2) is 0 Å². The molecular formula is CHF3FeNaO6S2-. The van der Waals surface area contributed by atoms with Gasteiger partial charge < -0.3 is 13.0 Å². The van der Waals surface area contributed by atoms with Gasteiger partial charge in [-0.3, -0.25) is 4.55 Å². The maximum absolute atomic E-state index is 10.7. The minimum absolute atomic E-state index is 0. The molecule has 0 fully saturated rings. The Morgan fingerprint density at radius 3 is 1.29 bits per heavy atom. The van der Waals surface area contributed by atoms with Crippen LogP contribution in [0.2, 0.25) is 0 Å². The van der Waals surface area contributed by atoms with Crippen molar-refractivity contribution >= 4 is 21.1 Å². The maximum Gasteiger partial charge on any atom is 1.00 e. The molecule has 6 nitrogen and oxygen atoms in total. The smallest absolute Gasteiger partial charge is 0.917 e. The summed E-state index contributed by atoms with van der Waals surface area (Å²) < 4.78 is 82.9. The predicted octanol–water partition coefficient (Wildman–Crippen LogP) is -3.18. The zero-order valence-corrected chi connectivity index (χ0v) is 11.0. The van der Waals surface area contributed by atoms with Gasteiger partial charge in [-0.25, -0.2) is 0 Å². The van der Waals surface area contributed by atoms with E-state index in [1.807, 2.05) is 0 Å². The van der Waals surface area contributed by atoms with Crippen LogP contribution in [0, 0.1) is 0 Å². The SMILES string of the molecule is O=S(=O)(O)C(F)(F)F.O=[S-](=O)[O-].[Fe].[Na+]. The molecule has 14 heavy (non-hydrogen) atoms. The molecule has 0 aromatic heterocycles. The molecule has 0 bridgehead atoms. The van der Waals surface area contributed by atoms with E-state index in [0.29, 0.717) is 0 Å². The molecule has 0 aromatic rings. The number of halogens is 3. The van der Waals surface area contributed by atoms with Crippen LogP contribution in [0.1, 0.15) is 0 Å². The van der Waals surface area contributed by atoms with Gasteiger partial charge in [0.05, 0.1) is 0 Å². The molecule has 0 saturated carbocycles.